The molecule has 1 aliphatic heterocycles. The first kappa shape index (κ1) is 16.5. The fraction of sp³-hybridized carbons (Fsp3) is 0.238. The van der Waals surface area contributed by atoms with Gasteiger partial charge in [-0.2, -0.15) is 0 Å². The molecule has 1 unspecified atom stereocenters. The molecule has 1 aromatic heterocycles. The lowest BCUT2D eigenvalue weighted by Gasteiger charge is -2.24. The van der Waals surface area contributed by atoms with Gasteiger partial charge in [-0.15, -0.1) is 0 Å². The van der Waals surface area contributed by atoms with E-state index in [-0.39, 0.29) is 22.7 Å². The molecule has 4 nitrogen and oxygen atoms in total. The number of amides is 1. The molecular formula is C21H18FNO3. The highest BCUT2D eigenvalue weighted by Gasteiger charge is 2.43. The van der Waals surface area contributed by atoms with Gasteiger partial charge in [0.2, 0.25) is 5.76 Å². The van der Waals surface area contributed by atoms with Gasteiger partial charge in [-0.3, -0.25) is 9.59 Å². The van der Waals surface area contributed by atoms with Gasteiger partial charge in [0.25, 0.3) is 5.91 Å². The van der Waals surface area contributed by atoms with Crippen molar-refractivity contribution in [3.05, 3.63) is 81.0 Å². The van der Waals surface area contributed by atoms with Gasteiger partial charge in [-0.05, 0) is 31.5 Å². The third kappa shape index (κ3) is 2.35. The molecule has 1 aliphatic rings. The van der Waals surface area contributed by atoms with Crippen molar-refractivity contribution in [3.8, 4) is 0 Å². The Morgan fingerprint density at radius 3 is 2.65 bits per heavy atom. The zero-order valence-corrected chi connectivity index (χ0v) is 14.6. The first-order valence-electron chi connectivity index (χ1n) is 8.65. The smallest absolute Gasteiger partial charge is 0.290 e. The van der Waals surface area contributed by atoms with Crippen molar-refractivity contribution in [1.82, 2.24) is 4.90 Å². The van der Waals surface area contributed by atoms with Gasteiger partial charge in [0, 0.05) is 12.1 Å². The van der Waals surface area contributed by atoms with E-state index in [4.69, 9.17) is 4.42 Å². The molecule has 2 heterocycles. The molecule has 0 fully saturated rings. The Hall–Kier alpha value is -2.95. The molecule has 3 aromatic rings. The predicted octanol–water partition coefficient (Wildman–Crippen LogP) is 4.20. The Balaban J connectivity index is 2.05. The normalized spacial score (nSPS) is 16.3. The lowest BCUT2D eigenvalue weighted by molar-refractivity contribution is 0.0726. The van der Waals surface area contributed by atoms with Crippen LogP contribution in [0, 0.1) is 12.7 Å². The highest BCUT2D eigenvalue weighted by molar-refractivity contribution is 5.99. The minimum atomic E-state index is -0.764. The molecular weight excluding hydrogens is 333 g/mol. The van der Waals surface area contributed by atoms with E-state index < -0.39 is 11.9 Å². The van der Waals surface area contributed by atoms with Crippen molar-refractivity contribution in [2.45, 2.75) is 26.3 Å². The summed E-state index contributed by atoms with van der Waals surface area (Å²) in [7, 11) is 0. The van der Waals surface area contributed by atoms with Crippen LogP contribution >= 0.6 is 0 Å². The topological polar surface area (TPSA) is 50.5 Å². The number of fused-ring (bicyclic) bond motifs is 2. The number of hydrogen-bond donors (Lipinski definition) is 0. The van der Waals surface area contributed by atoms with E-state index in [2.05, 4.69) is 0 Å². The van der Waals surface area contributed by atoms with Crippen LogP contribution in [0.5, 0.6) is 0 Å². The van der Waals surface area contributed by atoms with E-state index in [0.29, 0.717) is 29.5 Å². The van der Waals surface area contributed by atoms with Crippen molar-refractivity contribution in [3.63, 3.8) is 0 Å². The van der Waals surface area contributed by atoms with E-state index in [1.54, 1.807) is 30.3 Å². The van der Waals surface area contributed by atoms with Crippen molar-refractivity contribution < 1.29 is 13.6 Å². The van der Waals surface area contributed by atoms with Crippen LogP contribution in [0.4, 0.5) is 4.39 Å². The van der Waals surface area contributed by atoms with Crippen LogP contribution < -0.4 is 5.43 Å². The van der Waals surface area contributed by atoms with Gasteiger partial charge in [-0.25, -0.2) is 4.39 Å². The second kappa shape index (κ2) is 6.09. The molecule has 4 rings (SSSR count). The maximum atomic E-state index is 14.5. The quantitative estimate of drug-likeness (QED) is 0.711. The Labute approximate surface area is 149 Å². The summed E-state index contributed by atoms with van der Waals surface area (Å²) in [6.45, 7) is 4.23. The molecule has 0 spiro atoms. The highest BCUT2D eigenvalue weighted by Crippen LogP contribution is 2.39. The van der Waals surface area contributed by atoms with Crippen LogP contribution in [-0.2, 0) is 0 Å². The molecule has 5 heteroatoms. The average molecular weight is 351 g/mol. The summed E-state index contributed by atoms with van der Waals surface area (Å²) in [5.41, 5.74) is 1.56. The molecule has 0 bridgehead atoms. The number of carbonyl (C=O) groups is 1. The van der Waals surface area contributed by atoms with E-state index >= 15 is 0 Å². The van der Waals surface area contributed by atoms with E-state index in [1.165, 1.54) is 11.0 Å². The largest absolute Gasteiger partial charge is 0.450 e. The molecule has 0 radical (unpaired) electrons. The Bertz CT molecular complexity index is 1090. The third-order valence-corrected chi connectivity index (χ3v) is 4.79. The lowest BCUT2D eigenvalue weighted by Crippen LogP contribution is -2.30. The SMILES string of the molecule is CCCN1C(=O)c2oc3ccc(C)cc3c(=O)c2C1c1ccccc1F. The first-order valence-corrected chi connectivity index (χ1v) is 8.65. The number of nitrogens with zero attached hydrogens (tertiary/aromatic N) is 1. The second-order valence-corrected chi connectivity index (χ2v) is 6.60. The van der Waals surface area contributed by atoms with Gasteiger partial charge in [0.05, 0.1) is 17.0 Å². The zero-order valence-electron chi connectivity index (χ0n) is 14.6. The van der Waals surface area contributed by atoms with Crippen molar-refractivity contribution in [1.29, 1.82) is 0 Å². The number of benzene rings is 2. The lowest BCUT2D eigenvalue weighted by atomic mass is 9.97. The molecule has 0 saturated carbocycles. The van der Waals surface area contributed by atoms with Crippen molar-refractivity contribution >= 4 is 16.9 Å². The molecule has 0 N–H and O–H groups in total. The summed E-state index contributed by atoms with van der Waals surface area (Å²) in [6.07, 6.45) is 0.692. The number of aryl methyl sites for hydroxylation is 1. The van der Waals surface area contributed by atoms with Crippen LogP contribution in [0.1, 0.15) is 46.6 Å². The van der Waals surface area contributed by atoms with Crippen molar-refractivity contribution in [2.75, 3.05) is 6.54 Å². The molecule has 2 aromatic carbocycles. The number of hydrogen-bond acceptors (Lipinski definition) is 3. The highest BCUT2D eigenvalue weighted by atomic mass is 19.1. The van der Waals surface area contributed by atoms with E-state index in [9.17, 15) is 14.0 Å². The fourth-order valence-electron chi connectivity index (χ4n) is 3.63. The summed E-state index contributed by atoms with van der Waals surface area (Å²) >= 11 is 0. The molecule has 1 amide bonds. The maximum Gasteiger partial charge on any atom is 0.290 e. The van der Waals surface area contributed by atoms with E-state index in [1.807, 2.05) is 19.9 Å². The standard InChI is InChI=1S/C21H18FNO3/c1-3-10-23-18(13-6-4-5-7-15(13)22)17-19(24)14-11-12(2)8-9-16(14)26-20(17)21(23)25/h4-9,11,18H,3,10H2,1-2H3. The van der Waals surface area contributed by atoms with Crippen LogP contribution in [0.3, 0.4) is 0 Å². The summed E-state index contributed by atoms with van der Waals surface area (Å²) in [5, 5.41) is 0.413. The minimum absolute atomic E-state index is 0.0213. The van der Waals surface area contributed by atoms with Crippen molar-refractivity contribution in [2.24, 2.45) is 0 Å². The fourth-order valence-corrected chi connectivity index (χ4v) is 3.63. The number of rotatable bonds is 3. The number of halogens is 1. The Morgan fingerprint density at radius 1 is 1.15 bits per heavy atom. The molecule has 132 valence electrons. The number of carbonyl (C=O) groups excluding carboxylic acids is 1. The van der Waals surface area contributed by atoms with Gasteiger partial charge in [0.1, 0.15) is 11.4 Å². The summed E-state index contributed by atoms with van der Waals surface area (Å²) in [5.74, 6) is -0.786. The minimum Gasteiger partial charge on any atom is -0.450 e. The van der Waals surface area contributed by atoms with Crippen LogP contribution in [0.25, 0.3) is 11.0 Å². The molecule has 26 heavy (non-hydrogen) atoms. The molecule has 0 aliphatic carbocycles. The zero-order chi connectivity index (χ0) is 18.4. The van der Waals surface area contributed by atoms with E-state index in [0.717, 1.165) is 5.56 Å². The van der Waals surface area contributed by atoms with Crippen LogP contribution in [0.15, 0.2) is 51.7 Å². The average Bonchev–Trinajstić information content (AvgIpc) is 2.89. The summed E-state index contributed by atoms with van der Waals surface area (Å²) < 4.78 is 20.3. The summed E-state index contributed by atoms with van der Waals surface area (Å²) in [6, 6.07) is 10.8. The van der Waals surface area contributed by atoms with Gasteiger partial charge in [0.15, 0.2) is 5.43 Å². The monoisotopic (exact) mass is 351 g/mol. The summed E-state index contributed by atoms with van der Waals surface area (Å²) in [4.78, 5) is 27.6. The van der Waals surface area contributed by atoms with Gasteiger partial charge in [-0.1, -0.05) is 36.8 Å². The van der Waals surface area contributed by atoms with Crippen LogP contribution in [0.2, 0.25) is 0 Å². The maximum absolute atomic E-state index is 14.5. The first-order chi connectivity index (χ1) is 12.5. The Kier molecular flexibility index (Phi) is 3.87. The van der Waals surface area contributed by atoms with Crippen LogP contribution in [-0.4, -0.2) is 17.4 Å². The molecule has 1 atom stereocenters. The van der Waals surface area contributed by atoms with Gasteiger partial charge < -0.3 is 9.32 Å². The predicted molar refractivity (Wildman–Crippen MR) is 96.8 cm³/mol. The third-order valence-electron chi connectivity index (χ3n) is 4.79. The second-order valence-electron chi connectivity index (χ2n) is 6.60. The van der Waals surface area contributed by atoms with Gasteiger partial charge >= 0.3 is 0 Å². The Morgan fingerprint density at radius 2 is 1.92 bits per heavy atom. The molecule has 0 saturated heterocycles.